The molecule has 1 saturated heterocycles. The molecule has 4 aromatic rings. The number of carbonyl (C=O) groups excluding carboxylic acids is 1. The normalized spacial score (nSPS) is 17.7. The van der Waals surface area contributed by atoms with Gasteiger partial charge in [0.05, 0.1) is 11.4 Å². The molecule has 6 rings (SSSR count). The van der Waals surface area contributed by atoms with Crippen LogP contribution in [0.1, 0.15) is 31.7 Å². The second-order valence-corrected chi connectivity index (χ2v) is 9.91. The molecule has 1 aliphatic heterocycles. The molecule has 39 heavy (non-hydrogen) atoms. The van der Waals surface area contributed by atoms with E-state index in [0.717, 1.165) is 31.2 Å². The first-order valence-electron chi connectivity index (χ1n) is 12.9. The third-order valence-electron chi connectivity index (χ3n) is 7.08. The molecular formula is C29H26FN7O2. The van der Waals surface area contributed by atoms with Crippen LogP contribution in [0.4, 0.5) is 10.2 Å². The Morgan fingerprint density at radius 1 is 1.13 bits per heavy atom. The number of likely N-dealkylation sites (tertiary alicyclic amines) is 1. The predicted octanol–water partition coefficient (Wildman–Crippen LogP) is 5.03. The zero-order chi connectivity index (χ0) is 26.9. The zero-order valence-electron chi connectivity index (χ0n) is 21.1. The van der Waals surface area contributed by atoms with Crippen molar-refractivity contribution in [3.63, 3.8) is 0 Å². The monoisotopic (exact) mass is 523 g/mol. The van der Waals surface area contributed by atoms with Gasteiger partial charge in [0.2, 0.25) is 0 Å². The number of fused-ring (bicyclic) bond motifs is 1. The maximum Gasteiger partial charge on any atom is 0.264 e. The number of benzene rings is 2. The molecule has 2 N–H and O–H groups in total. The molecule has 1 aliphatic carbocycles. The number of halogens is 1. The number of hydrogen-bond acceptors (Lipinski definition) is 7. The van der Waals surface area contributed by atoms with E-state index in [1.165, 1.54) is 18.5 Å². The summed E-state index contributed by atoms with van der Waals surface area (Å²) in [5.74, 6) is 0.997. The Bertz CT molecular complexity index is 1620. The maximum atomic E-state index is 13.5. The summed E-state index contributed by atoms with van der Waals surface area (Å²) in [6, 6.07) is 15.2. The summed E-state index contributed by atoms with van der Waals surface area (Å²) in [6.07, 6.45) is 6.86. The van der Waals surface area contributed by atoms with Gasteiger partial charge in [-0.25, -0.2) is 19.0 Å². The highest BCUT2D eigenvalue weighted by atomic mass is 19.1. The molecule has 196 valence electrons. The topological polar surface area (TPSA) is 123 Å². The molecule has 9 nitrogen and oxygen atoms in total. The second-order valence-electron chi connectivity index (χ2n) is 9.91. The highest BCUT2D eigenvalue weighted by Gasteiger charge is 2.31. The fourth-order valence-corrected chi connectivity index (χ4v) is 4.96. The average molecular weight is 524 g/mol. The van der Waals surface area contributed by atoms with Gasteiger partial charge in [-0.3, -0.25) is 4.79 Å². The lowest BCUT2D eigenvalue weighted by atomic mass is 10.0. The van der Waals surface area contributed by atoms with Crippen molar-refractivity contribution in [3.05, 3.63) is 72.3 Å². The number of nitrogens with zero attached hydrogens (tertiary/aromatic N) is 6. The van der Waals surface area contributed by atoms with Crippen molar-refractivity contribution in [1.82, 2.24) is 24.6 Å². The summed E-state index contributed by atoms with van der Waals surface area (Å²) < 4.78 is 21.1. The number of carbonyl (C=O) groups is 1. The number of amides is 1. The number of rotatable bonds is 6. The number of nitrogens with two attached hydrogens (primary N) is 1. The molecule has 0 bridgehead atoms. The molecule has 2 aromatic heterocycles. The molecule has 2 aromatic carbocycles. The van der Waals surface area contributed by atoms with Gasteiger partial charge in [0.15, 0.2) is 5.65 Å². The number of nitrogen functional groups attached to an aromatic ring is 1. The Morgan fingerprint density at radius 2 is 1.95 bits per heavy atom. The lowest BCUT2D eigenvalue weighted by Crippen LogP contribution is -2.41. The smallest absolute Gasteiger partial charge is 0.264 e. The Labute approximate surface area is 224 Å². The number of hydrogen-bond donors (Lipinski definition) is 1. The largest absolute Gasteiger partial charge is 0.457 e. The summed E-state index contributed by atoms with van der Waals surface area (Å²) in [4.78, 5) is 23.5. The van der Waals surface area contributed by atoms with E-state index in [4.69, 9.17) is 15.6 Å². The standard InChI is InChI=1S/C29H26FN7O2/c30-21-3-1-5-24(14-21)39-23-10-8-19(9-11-23)26-25-27(32)33-17-34-28(25)37(35-26)22-4-2-12-36(16-22)29(38)20(15-31)13-18-6-7-18/h1,3,5,8-11,13-14,17-18,22H,2,4,6-7,12,16H2,(H2,32,33,34). The summed E-state index contributed by atoms with van der Waals surface area (Å²) in [7, 11) is 0. The third kappa shape index (κ3) is 5.03. The third-order valence-corrected chi connectivity index (χ3v) is 7.08. The van der Waals surface area contributed by atoms with Crippen LogP contribution in [0.15, 0.2) is 66.5 Å². The van der Waals surface area contributed by atoms with Crippen molar-refractivity contribution < 1.29 is 13.9 Å². The van der Waals surface area contributed by atoms with Crippen LogP contribution in [0, 0.1) is 23.1 Å². The van der Waals surface area contributed by atoms with E-state index in [2.05, 4.69) is 16.0 Å². The van der Waals surface area contributed by atoms with Crippen LogP contribution >= 0.6 is 0 Å². The molecule has 2 aliphatic rings. The minimum Gasteiger partial charge on any atom is -0.457 e. The van der Waals surface area contributed by atoms with E-state index >= 15 is 0 Å². The van der Waals surface area contributed by atoms with Crippen LogP contribution in [-0.2, 0) is 4.79 Å². The Hall–Kier alpha value is -4.78. The number of piperidine rings is 1. The highest BCUT2D eigenvalue weighted by molar-refractivity contribution is 5.99. The molecule has 1 unspecified atom stereocenters. The van der Waals surface area contributed by atoms with Crippen LogP contribution in [0.5, 0.6) is 11.5 Å². The Balaban J connectivity index is 1.29. The van der Waals surface area contributed by atoms with Gasteiger partial charge >= 0.3 is 0 Å². The highest BCUT2D eigenvalue weighted by Crippen LogP contribution is 2.35. The van der Waals surface area contributed by atoms with Crippen molar-refractivity contribution in [2.75, 3.05) is 18.8 Å². The van der Waals surface area contributed by atoms with Gasteiger partial charge in [-0.1, -0.05) is 12.1 Å². The molecule has 2 fully saturated rings. The first-order chi connectivity index (χ1) is 19.0. The number of allylic oxidation sites excluding steroid dienone is 1. The van der Waals surface area contributed by atoms with Crippen molar-refractivity contribution in [2.24, 2.45) is 5.92 Å². The van der Waals surface area contributed by atoms with Crippen molar-refractivity contribution in [1.29, 1.82) is 5.26 Å². The Kier molecular flexibility index (Phi) is 6.40. The van der Waals surface area contributed by atoms with Gasteiger partial charge in [-0.2, -0.15) is 10.4 Å². The number of anilines is 1. The van der Waals surface area contributed by atoms with Gasteiger partial charge in [-0.15, -0.1) is 0 Å². The van der Waals surface area contributed by atoms with E-state index in [9.17, 15) is 14.4 Å². The van der Waals surface area contributed by atoms with Crippen LogP contribution < -0.4 is 10.5 Å². The summed E-state index contributed by atoms with van der Waals surface area (Å²) >= 11 is 0. The molecule has 10 heteroatoms. The predicted molar refractivity (Wildman–Crippen MR) is 143 cm³/mol. The molecule has 0 radical (unpaired) electrons. The first kappa shape index (κ1) is 24.6. The lowest BCUT2D eigenvalue weighted by molar-refractivity contribution is -0.128. The number of nitriles is 1. The van der Waals surface area contributed by atoms with E-state index in [0.29, 0.717) is 53.1 Å². The molecule has 1 amide bonds. The molecule has 1 saturated carbocycles. The van der Waals surface area contributed by atoms with Gasteiger partial charge in [0.25, 0.3) is 5.91 Å². The van der Waals surface area contributed by atoms with Crippen LogP contribution in [0.2, 0.25) is 0 Å². The van der Waals surface area contributed by atoms with Gasteiger partial charge < -0.3 is 15.4 Å². The number of aromatic nitrogens is 4. The average Bonchev–Trinajstić information content (AvgIpc) is 3.69. The van der Waals surface area contributed by atoms with Gasteiger partial charge in [0.1, 0.15) is 46.8 Å². The van der Waals surface area contributed by atoms with Gasteiger partial charge in [-0.05, 0) is 68.0 Å². The lowest BCUT2D eigenvalue weighted by Gasteiger charge is -2.32. The van der Waals surface area contributed by atoms with Gasteiger partial charge in [0, 0.05) is 24.7 Å². The fraction of sp³-hybridized carbons (Fsp3) is 0.276. The number of ether oxygens (including phenoxy) is 1. The maximum absolute atomic E-state index is 13.5. The fourth-order valence-electron chi connectivity index (χ4n) is 4.96. The molecule has 0 spiro atoms. The van der Waals surface area contributed by atoms with Crippen molar-refractivity contribution in [3.8, 4) is 28.8 Å². The Morgan fingerprint density at radius 3 is 2.69 bits per heavy atom. The minimum atomic E-state index is -0.373. The summed E-state index contributed by atoms with van der Waals surface area (Å²) in [5, 5.41) is 15.1. The first-order valence-corrected chi connectivity index (χ1v) is 12.9. The molecular weight excluding hydrogens is 497 g/mol. The minimum absolute atomic E-state index is 0.135. The second kappa shape index (κ2) is 10.2. The van der Waals surface area contributed by atoms with E-state index in [1.54, 1.807) is 29.2 Å². The molecule has 1 atom stereocenters. The SMILES string of the molecule is N#CC(=CC1CC1)C(=O)N1CCCC(n2nc(-c3ccc(Oc4cccc(F)c4)cc3)c3c(N)ncnc32)C1. The zero-order valence-corrected chi connectivity index (χ0v) is 21.1. The molecule has 3 heterocycles. The van der Waals surface area contributed by atoms with Crippen molar-refractivity contribution >= 4 is 22.8 Å². The summed E-state index contributed by atoms with van der Waals surface area (Å²) in [6.45, 7) is 1.01. The van der Waals surface area contributed by atoms with Crippen molar-refractivity contribution in [2.45, 2.75) is 31.7 Å². The van der Waals surface area contributed by atoms with Crippen LogP contribution in [-0.4, -0.2) is 43.6 Å². The van der Waals surface area contributed by atoms with Crippen LogP contribution in [0.3, 0.4) is 0 Å². The quantitative estimate of drug-likeness (QED) is 0.278. The van der Waals surface area contributed by atoms with E-state index in [-0.39, 0.29) is 23.3 Å². The van der Waals surface area contributed by atoms with Crippen LogP contribution in [0.25, 0.3) is 22.3 Å². The van der Waals surface area contributed by atoms with E-state index in [1.807, 2.05) is 22.9 Å². The summed E-state index contributed by atoms with van der Waals surface area (Å²) in [5.41, 5.74) is 8.51. The van der Waals surface area contributed by atoms with E-state index < -0.39 is 0 Å².